The molecule has 0 spiro atoms. The molecule has 0 bridgehead atoms. The van der Waals surface area contributed by atoms with E-state index in [1.54, 1.807) is 0 Å². The van der Waals surface area contributed by atoms with Gasteiger partial charge in [-0.3, -0.25) is 0 Å². The zero-order valence-electron chi connectivity index (χ0n) is 12.6. The van der Waals surface area contributed by atoms with Crippen LogP contribution >= 0.6 is 22.6 Å². The molecule has 0 unspecified atom stereocenters. The van der Waals surface area contributed by atoms with Gasteiger partial charge >= 0.3 is 5.97 Å². The van der Waals surface area contributed by atoms with Crippen LogP contribution in [0.25, 0.3) is 0 Å². The molecule has 0 saturated carbocycles. The van der Waals surface area contributed by atoms with Gasteiger partial charge in [0.15, 0.2) is 0 Å². The minimum Gasteiger partial charge on any atom is -0.492 e. The van der Waals surface area contributed by atoms with Crippen LogP contribution < -0.4 is 0 Å². The zero-order chi connectivity index (χ0) is 15.4. The van der Waals surface area contributed by atoms with Crippen LogP contribution in [0, 0.1) is 5.92 Å². The second-order valence-electron chi connectivity index (χ2n) is 5.35. The van der Waals surface area contributed by atoms with E-state index >= 15 is 0 Å². The quantitative estimate of drug-likeness (QED) is 0.425. The van der Waals surface area contributed by atoms with Gasteiger partial charge in [0, 0.05) is 10.3 Å². The Morgan fingerprint density at radius 2 is 2.00 bits per heavy atom. The number of benzene rings is 1. The van der Waals surface area contributed by atoms with Gasteiger partial charge in [0.25, 0.3) is 0 Å². The molecule has 0 aliphatic carbocycles. The van der Waals surface area contributed by atoms with Crippen LogP contribution in [0.15, 0.2) is 41.7 Å². The highest BCUT2D eigenvalue weighted by molar-refractivity contribution is 14.1. The fraction of sp³-hybridized carbons (Fsp3) is 0.471. The van der Waals surface area contributed by atoms with E-state index < -0.39 is 0 Å². The summed E-state index contributed by atoms with van der Waals surface area (Å²) in [5, 5.41) is 0. The number of hydrogen-bond acceptors (Lipinski definition) is 3. The summed E-state index contributed by atoms with van der Waals surface area (Å²) >= 11 is 2.32. The third kappa shape index (κ3) is 3.42. The van der Waals surface area contributed by atoms with Crippen molar-refractivity contribution in [2.45, 2.75) is 32.8 Å². The van der Waals surface area contributed by atoms with E-state index in [0.717, 1.165) is 15.8 Å². The minimum atomic E-state index is -0.248. The van der Waals surface area contributed by atoms with Gasteiger partial charge in [-0.25, -0.2) is 4.79 Å². The predicted octanol–water partition coefficient (Wildman–Crippen LogP) is 4.08. The highest BCUT2D eigenvalue weighted by atomic mass is 127. The summed E-state index contributed by atoms with van der Waals surface area (Å²) in [6, 6.07) is 10.1. The Balaban J connectivity index is 2.48. The number of halogens is 1. The fourth-order valence-electron chi connectivity index (χ4n) is 2.68. The van der Waals surface area contributed by atoms with Crippen molar-refractivity contribution >= 4 is 28.6 Å². The maximum absolute atomic E-state index is 12.4. The van der Waals surface area contributed by atoms with Crippen LogP contribution in [0.3, 0.4) is 0 Å². The van der Waals surface area contributed by atoms with E-state index in [2.05, 4.69) is 34.7 Å². The van der Waals surface area contributed by atoms with E-state index in [-0.39, 0.29) is 23.9 Å². The molecule has 3 nitrogen and oxygen atoms in total. The van der Waals surface area contributed by atoms with Crippen LogP contribution in [0.4, 0.5) is 0 Å². The van der Waals surface area contributed by atoms with E-state index in [1.807, 2.05) is 39.0 Å². The summed E-state index contributed by atoms with van der Waals surface area (Å²) in [4.78, 5) is 12.4. The molecule has 0 fully saturated rings. The molecule has 1 aliphatic heterocycles. The molecule has 114 valence electrons. The Bertz CT molecular complexity index is 522. The molecule has 0 aromatic heterocycles. The highest BCUT2D eigenvalue weighted by Crippen LogP contribution is 2.42. The zero-order valence-corrected chi connectivity index (χ0v) is 14.8. The van der Waals surface area contributed by atoms with Crippen molar-refractivity contribution in [1.82, 2.24) is 0 Å². The Morgan fingerprint density at radius 3 is 2.52 bits per heavy atom. The monoisotopic (exact) mass is 400 g/mol. The molecule has 2 rings (SSSR count). The van der Waals surface area contributed by atoms with Crippen molar-refractivity contribution in [1.29, 1.82) is 0 Å². The number of ether oxygens (including phenoxy) is 2. The molecule has 1 aromatic rings. The molecule has 2 atom stereocenters. The maximum Gasteiger partial charge on any atom is 0.338 e. The molecule has 0 N–H and O–H groups in total. The lowest BCUT2D eigenvalue weighted by Gasteiger charge is -2.19. The summed E-state index contributed by atoms with van der Waals surface area (Å²) in [7, 11) is 0. The summed E-state index contributed by atoms with van der Waals surface area (Å²) in [5.41, 5.74) is 1.80. The first-order valence-electron chi connectivity index (χ1n) is 7.28. The van der Waals surface area contributed by atoms with Crippen LogP contribution in [0.2, 0.25) is 0 Å². The molecule has 4 heteroatoms. The molecule has 1 aliphatic rings. The average Bonchev–Trinajstić information content (AvgIpc) is 2.88. The first-order chi connectivity index (χ1) is 10.1. The second-order valence-corrected chi connectivity index (χ2v) is 6.23. The molecular formula is C17H21IO3. The van der Waals surface area contributed by atoms with Gasteiger partial charge in [-0.05, 0) is 12.5 Å². The first kappa shape index (κ1) is 16.3. The highest BCUT2D eigenvalue weighted by Gasteiger charge is 2.42. The second kappa shape index (κ2) is 7.29. The van der Waals surface area contributed by atoms with Gasteiger partial charge in [0.1, 0.15) is 11.9 Å². The van der Waals surface area contributed by atoms with Crippen LogP contribution in [0.5, 0.6) is 0 Å². The molecule has 0 amide bonds. The van der Waals surface area contributed by atoms with Crippen molar-refractivity contribution in [3.8, 4) is 0 Å². The van der Waals surface area contributed by atoms with E-state index in [4.69, 9.17) is 9.47 Å². The van der Waals surface area contributed by atoms with Gasteiger partial charge in [0.05, 0.1) is 18.1 Å². The predicted molar refractivity (Wildman–Crippen MR) is 91.4 cm³/mol. The van der Waals surface area contributed by atoms with E-state index in [9.17, 15) is 4.79 Å². The Hall–Kier alpha value is -1.04. The van der Waals surface area contributed by atoms with Crippen LogP contribution in [-0.4, -0.2) is 23.1 Å². The number of carbonyl (C=O) groups excluding carboxylic acids is 1. The minimum absolute atomic E-state index is 0.00944. The molecule has 0 radical (unpaired) electrons. The number of rotatable bonds is 5. The Morgan fingerprint density at radius 1 is 1.33 bits per heavy atom. The smallest absolute Gasteiger partial charge is 0.338 e. The van der Waals surface area contributed by atoms with Crippen molar-refractivity contribution in [3.63, 3.8) is 0 Å². The normalized spacial score (nSPS) is 21.6. The lowest BCUT2D eigenvalue weighted by molar-refractivity contribution is -0.138. The van der Waals surface area contributed by atoms with E-state index in [1.165, 1.54) is 0 Å². The van der Waals surface area contributed by atoms with Crippen molar-refractivity contribution < 1.29 is 14.3 Å². The third-order valence-electron chi connectivity index (χ3n) is 3.56. The molecular weight excluding hydrogens is 379 g/mol. The Labute approximate surface area is 139 Å². The number of alkyl halides is 1. The number of allylic oxidation sites excluding steroid dienone is 1. The molecule has 21 heavy (non-hydrogen) atoms. The van der Waals surface area contributed by atoms with Crippen molar-refractivity contribution in [2.24, 2.45) is 5.92 Å². The average molecular weight is 400 g/mol. The maximum atomic E-state index is 12.4. The van der Waals surface area contributed by atoms with Crippen molar-refractivity contribution in [3.05, 3.63) is 47.2 Å². The molecule has 1 heterocycles. The summed E-state index contributed by atoms with van der Waals surface area (Å²) in [5.74, 6) is 0.662. The summed E-state index contributed by atoms with van der Waals surface area (Å²) in [6.45, 7) is 6.30. The first-order valence-corrected chi connectivity index (χ1v) is 8.81. The fourth-order valence-corrected chi connectivity index (χ4v) is 3.37. The summed E-state index contributed by atoms with van der Waals surface area (Å²) in [6.07, 6.45) is -0.00944. The lowest BCUT2D eigenvalue weighted by Crippen LogP contribution is -2.22. The van der Waals surface area contributed by atoms with Gasteiger partial charge in [-0.2, -0.15) is 0 Å². The third-order valence-corrected chi connectivity index (χ3v) is 4.43. The molecule has 1 aromatic carbocycles. The van der Waals surface area contributed by atoms with Gasteiger partial charge in [0.2, 0.25) is 0 Å². The lowest BCUT2D eigenvalue weighted by atomic mass is 9.87. The SMILES string of the molecule is CCOC(=O)C1=C(C(C)C)O[C@@H](CI)[C@@H]1c1ccccc1. The summed E-state index contributed by atoms with van der Waals surface area (Å²) < 4.78 is 12.2. The van der Waals surface area contributed by atoms with Gasteiger partial charge in [-0.1, -0.05) is 66.8 Å². The van der Waals surface area contributed by atoms with Crippen LogP contribution in [-0.2, 0) is 14.3 Å². The largest absolute Gasteiger partial charge is 0.492 e. The number of esters is 1. The van der Waals surface area contributed by atoms with Crippen LogP contribution in [0.1, 0.15) is 32.3 Å². The topological polar surface area (TPSA) is 35.5 Å². The molecule has 0 saturated heterocycles. The van der Waals surface area contributed by atoms with E-state index in [0.29, 0.717) is 12.2 Å². The van der Waals surface area contributed by atoms with Gasteiger partial charge < -0.3 is 9.47 Å². The van der Waals surface area contributed by atoms with Gasteiger partial charge in [-0.15, -0.1) is 0 Å². The Kier molecular flexibility index (Phi) is 5.67. The number of hydrogen-bond donors (Lipinski definition) is 0. The number of carbonyl (C=O) groups is 1. The standard InChI is InChI=1S/C17H21IO3/c1-4-20-17(19)15-14(12-8-6-5-7-9-12)13(10-18)21-16(15)11(2)3/h5-9,11,13-14H,4,10H2,1-3H3/t13-,14-/m0/s1. The van der Waals surface area contributed by atoms with Crippen molar-refractivity contribution in [2.75, 3.05) is 11.0 Å².